The lowest BCUT2D eigenvalue weighted by atomic mass is 10.2. The molecule has 0 saturated heterocycles. The molecule has 0 amide bonds. The number of benzene rings is 2. The van der Waals surface area contributed by atoms with E-state index in [2.05, 4.69) is 27.1 Å². The predicted molar refractivity (Wildman–Crippen MR) is 107 cm³/mol. The molecule has 0 saturated carbocycles. The van der Waals surface area contributed by atoms with E-state index >= 15 is 0 Å². The van der Waals surface area contributed by atoms with Crippen molar-refractivity contribution in [2.75, 3.05) is 30.4 Å². The Kier molecular flexibility index (Phi) is 5.56. The van der Waals surface area contributed by atoms with Gasteiger partial charge < -0.3 is 20.4 Å². The minimum Gasteiger partial charge on any atom is -0.497 e. The van der Waals surface area contributed by atoms with Crippen LogP contribution in [0.2, 0.25) is 0 Å². The average Bonchev–Trinajstić information content (AvgIpc) is 3.10. The number of ether oxygens (including phenoxy) is 1. The van der Waals surface area contributed by atoms with E-state index in [1.54, 1.807) is 7.11 Å². The van der Waals surface area contributed by atoms with E-state index in [4.69, 9.17) is 17.0 Å². The molecule has 1 aliphatic heterocycles. The maximum absolute atomic E-state index is 9.41. The molecule has 6 nitrogen and oxygen atoms in total. The summed E-state index contributed by atoms with van der Waals surface area (Å²) >= 11 is 5.28. The number of hydrogen-bond acceptors (Lipinski definition) is 5. The van der Waals surface area contributed by atoms with E-state index in [0.717, 1.165) is 22.8 Å². The van der Waals surface area contributed by atoms with Crippen LogP contribution < -0.4 is 25.8 Å². The molecule has 0 bridgehead atoms. The van der Waals surface area contributed by atoms with E-state index in [1.807, 2.05) is 54.6 Å². The predicted octanol–water partition coefficient (Wildman–Crippen LogP) is 2.78. The minimum atomic E-state index is 0.434. The SMILES string of the molecule is COc1ccc(N2CC(C#N)=C(NNC(=S)Nc3ccccc3)C2)cc1. The smallest absolute Gasteiger partial charge is 0.189 e. The number of hydrazine groups is 1. The van der Waals surface area contributed by atoms with Gasteiger partial charge in [0.05, 0.1) is 37.5 Å². The van der Waals surface area contributed by atoms with Gasteiger partial charge in [0, 0.05) is 11.4 Å². The van der Waals surface area contributed by atoms with E-state index < -0.39 is 0 Å². The Morgan fingerprint density at radius 2 is 1.85 bits per heavy atom. The summed E-state index contributed by atoms with van der Waals surface area (Å²) < 4.78 is 5.18. The molecule has 3 N–H and O–H groups in total. The molecular formula is C19H19N5OS. The van der Waals surface area contributed by atoms with E-state index in [0.29, 0.717) is 23.8 Å². The number of methoxy groups -OCH3 is 1. The summed E-state index contributed by atoms with van der Waals surface area (Å²) in [5, 5.41) is 12.9. The molecule has 0 aliphatic carbocycles. The molecule has 26 heavy (non-hydrogen) atoms. The number of nitrogens with one attached hydrogen (secondary N) is 3. The van der Waals surface area contributed by atoms with Crippen LogP contribution >= 0.6 is 12.2 Å². The average molecular weight is 365 g/mol. The quantitative estimate of drug-likeness (QED) is 0.556. The first kappa shape index (κ1) is 17.6. The van der Waals surface area contributed by atoms with Crippen LogP contribution in [0.15, 0.2) is 65.9 Å². The normalized spacial score (nSPS) is 13.2. The Bertz CT molecular complexity index is 842. The monoisotopic (exact) mass is 365 g/mol. The van der Waals surface area contributed by atoms with Crippen molar-refractivity contribution < 1.29 is 4.74 Å². The van der Waals surface area contributed by atoms with Crippen molar-refractivity contribution in [1.82, 2.24) is 10.9 Å². The van der Waals surface area contributed by atoms with Crippen LogP contribution in [0.5, 0.6) is 5.75 Å². The maximum atomic E-state index is 9.41. The second kappa shape index (κ2) is 8.23. The van der Waals surface area contributed by atoms with Gasteiger partial charge in [0.15, 0.2) is 5.11 Å². The Hall–Kier alpha value is -3.24. The molecule has 1 heterocycles. The molecular weight excluding hydrogens is 346 g/mol. The van der Waals surface area contributed by atoms with E-state index in [9.17, 15) is 5.26 Å². The first-order valence-electron chi connectivity index (χ1n) is 8.09. The molecule has 2 aromatic carbocycles. The largest absolute Gasteiger partial charge is 0.497 e. The van der Waals surface area contributed by atoms with Crippen LogP contribution in [0.25, 0.3) is 0 Å². The zero-order chi connectivity index (χ0) is 18.4. The molecule has 3 rings (SSSR count). The lowest BCUT2D eigenvalue weighted by Gasteiger charge is -2.19. The maximum Gasteiger partial charge on any atom is 0.189 e. The number of hydrogen-bond donors (Lipinski definition) is 3. The van der Waals surface area contributed by atoms with Crippen LogP contribution in [-0.4, -0.2) is 25.3 Å². The Labute approximate surface area is 158 Å². The van der Waals surface area contributed by atoms with Crippen molar-refractivity contribution in [3.63, 3.8) is 0 Å². The third-order valence-electron chi connectivity index (χ3n) is 3.99. The summed E-state index contributed by atoms with van der Waals surface area (Å²) in [4.78, 5) is 2.11. The minimum absolute atomic E-state index is 0.434. The number of rotatable bonds is 5. The van der Waals surface area contributed by atoms with Gasteiger partial charge in [-0.2, -0.15) is 5.26 Å². The fourth-order valence-electron chi connectivity index (χ4n) is 2.64. The molecule has 0 aromatic heterocycles. The topological polar surface area (TPSA) is 72.3 Å². The van der Waals surface area contributed by atoms with Crippen LogP contribution in [0.4, 0.5) is 11.4 Å². The van der Waals surface area contributed by atoms with Gasteiger partial charge >= 0.3 is 0 Å². The lowest BCUT2D eigenvalue weighted by Crippen LogP contribution is -2.41. The summed E-state index contributed by atoms with van der Waals surface area (Å²) in [5.41, 5.74) is 9.41. The molecule has 1 aliphatic rings. The highest BCUT2D eigenvalue weighted by atomic mass is 32.1. The van der Waals surface area contributed by atoms with E-state index in [1.165, 1.54) is 0 Å². The molecule has 0 unspecified atom stereocenters. The highest BCUT2D eigenvalue weighted by Gasteiger charge is 2.22. The van der Waals surface area contributed by atoms with Crippen molar-refractivity contribution >= 4 is 28.7 Å². The summed E-state index contributed by atoms with van der Waals surface area (Å²) in [6.45, 7) is 1.14. The standard InChI is InChI=1S/C19H19N5OS/c1-25-17-9-7-16(8-10-17)24-12-14(11-20)18(13-24)22-23-19(26)21-15-5-3-2-4-6-15/h2-10,22H,12-13H2,1H3,(H2,21,23,26). The van der Waals surface area contributed by atoms with Crippen molar-refractivity contribution in [2.45, 2.75) is 0 Å². The number of thiocarbonyl (C=S) groups is 1. The van der Waals surface area contributed by atoms with Gasteiger partial charge in [-0.05, 0) is 48.6 Å². The fraction of sp³-hybridized carbons (Fsp3) is 0.158. The summed E-state index contributed by atoms with van der Waals surface area (Å²) in [5.74, 6) is 0.804. The van der Waals surface area contributed by atoms with Crippen LogP contribution in [0.1, 0.15) is 0 Å². The molecule has 0 radical (unpaired) electrons. The summed E-state index contributed by atoms with van der Waals surface area (Å²) in [6.07, 6.45) is 0. The zero-order valence-electron chi connectivity index (χ0n) is 14.3. The lowest BCUT2D eigenvalue weighted by molar-refractivity contribution is 0.415. The van der Waals surface area contributed by atoms with Gasteiger partial charge in [-0.3, -0.25) is 5.43 Å². The fourth-order valence-corrected chi connectivity index (χ4v) is 2.81. The van der Waals surface area contributed by atoms with E-state index in [-0.39, 0.29) is 0 Å². The van der Waals surface area contributed by atoms with Crippen LogP contribution in [-0.2, 0) is 0 Å². The number of nitriles is 1. The summed E-state index contributed by atoms with van der Waals surface area (Å²) in [7, 11) is 1.64. The van der Waals surface area contributed by atoms with Gasteiger partial charge in [0.1, 0.15) is 5.75 Å². The first-order valence-corrected chi connectivity index (χ1v) is 8.49. The second-order valence-electron chi connectivity index (χ2n) is 5.69. The van der Waals surface area contributed by atoms with Crippen molar-refractivity contribution in [3.05, 3.63) is 65.9 Å². The molecule has 132 valence electrons. The third kappa shape index (κ3) is 4.23. The van der Waals surface area contributed by atoms with Gasteiger partial charge in [-0.1, -0.05) is 18.2 Å². The number of nitrogens with zero attached hydrogens (tertiary/aromatic N) is 2. The molecule has 2 aromatic rings. The Morgan fingerprint density at radius 1 is 1.12 bits per heavy atom. The van der Waals surface area contributed by atoms with Gasteiger partial charge in [-0.25, -0.2) is 0 Å². The zero-order valence-corrected chi connectivity index (χ0v) is 15.1. The molecule has 0 atom stereocenters. The van der Waals surface area contributed by atoms with Crippen LogP contribution in [0.3, 0.4) is 0 Å². The van der Waals surface area contributed by atoms with Crippen molar-refractivity contribution in [1.29, 1.82) is 5.26 Å². The number of anilines is 2. The van der Waals surface area contributed by atoms with Gasteiger partial charge in [0.25, 0.3) is 0 Å². The number of para-hydroxylation sites is 1. The molecule has 0 fully saturated rings. The van der Waals surface area contributed by atoms with Gasteiger partial charge in [-0.15, -0.1) is 0 Å². The Balaban J connectivity index is 1.58. The third-order valence-corrected chi connectivity index (χ3v) is 4.20. The highest BCUT2D eigenvalue weighted by molar-refractivity contribution is 7.80. The molecule has 7 heteroatoms. The highest BCUT2D eigenvalue weighted by Crippen LogP contribution is 2.24. The summed E-state index contributed by atoms with van der Waals surface area (Å²) in [6, 6.07) is 19.7. The molecule has 0 spiro atoms. The second-order valence-corrected chi connectivity index (χ2v) is 6.10. The van der Waals surface area contributed by atoms with Gasteiger partial charge in [0.2, 0.25) is 0 Å². The van der Waals surface area contributed by atoms with Crippen LogP contribution in [0, 0.1) is 11.3 Å². The van der Waals surface area contributed by atoms with Crippen molar-refractivity contribution in [2.24, 2.45) is 0 Å². The first-order chi connectivity index (χ1) is 12.7. The Morgan fingerprint density at radius 3 is 2.50 bits per heavy atom. The van der Waals surface area contributed by atoms with Crippen molar-refractivity contribution in [3.8, 4) is 11.8 Å².